The Morgan fingerprint density at radius 3 is 2.65 bits per heavy atom. The highest BCUT2D eigenvalue weighted by molar-refractivity contribution is 5.93. The number of pyridine rings is 1. The van der Waals surface area contributed by atoms with Crippen LogP contribution in [0.5, 0.6) is 0 Å². The zero-order valence-electron chi connectivity index (χ0n) is 12.8. The molecule has 0 aromatic carbocycles. The Bertz CT molecular complexity index is 402. The van der Waals surface area contributed by atoms with Crippen molar-refractivity contribution in [2.45, 2.75) is 32.8 Å². The number of amides is 1. The molecular weight excluding hydrogens is 254 g/mol. The van der Waals surface area contributed by atoms with E-state index in [4.69, 9.17) is 4.74 Å². The van der Waals surface area contributed by atoms with E-state index in [1.54, 1.807) is 31.3 Å². The highest BCUT2D eigenvalue weighted by atomic mass is 16.5. The van der Waals surface area contributed by atoms with Crippen LogP contribution in [0.4, 0.5) is 5.82 Å². The first-order valence-corrected chi connectivity index (χ1v) is 7.04. The molecule has 0 spiro atoms. The molecule has 0 atom stereocenters. The first-order chi connectivity index (χ1) is 9.50. The molecule has 5 nitrogen and oxygen atoms in total. The van der Waals surface area contributed by atoms with Crippen molar-refractivity contribution in [2.75, 3.05) is 32.6 Å². The molecule has 0 aliphatic heterocycles. The number of anilines is 1. The van der Waals surface area contributed by atoms with E-state index in [1.807, 2.05) is 19.9 Å². The molecule has 0 radical (unpaired) electrons. The smallest absolute Gasteiger partial charge is 0.254 e. The molecule has 0 saturated heterocycles. The van der Waals surface area contributed by atoms with E-state index in [-0.39, 0.29) is 5.91 Å². The van der Waals surface area contributed by atoms with Crippen molar-refractivity contribution in [2.24, 2.45) is 0 Å². The van der Waals surface area contributed by atoms with Crippen molar-refractivity contribution in [3.05, 3.63) is 23.9 Å². The summed E-state index contributed by atoms with van der Waals surface area (Å²) in [5.41, 5.74) is 0.603. The quantitative estimate of drug-likeness (QED) is 0.742. The highest BCUT2D eigenvalue weighted by Gasteiger charge is 2.07. The molecule has 1 amide bonds. The van der Waals surface area contributed by atoms with Crippen LogP contribution >= 0.6 is 0 Å². The predicted octanol–water partition coefficient (Wildman–Crippen LogP) is 2.40. The maximum absolute atomic E-state index is 11.7. The minimum Gasteiger partial charge on any atom is -0.379 e. The van der Waals surface area contributed by atoms with Gasteiger partial charge in [-0.15, -0.1) is 0 Å². The number of carbonyl (C=O) groups excluding carboxylic acids is 1. The van der Waals surface area contributed by atoms with Gasteiger partial charge in [0.2, 0.25) is 0 Å². The van der Waals surface area contributed by atoms with E-state index >= 15 is 0 Å². The first kappa shape index (κ1) is 16.4. The monoisotopic (exact) mass is 279 g/mol. The van der Waals surface area contributed by atoms with Crippen molar-refractivity contribution in [1.82, 2.24) is 9.88 Å². The third-order valence-corrected chi connectivity index (χ3v) is 2.75. The Hall–Kier alpha value is -1.62. The van der Waals surface area contributed by atoms with Gasteiger partial charge in [-0.25, -0.2) is 4.98 Å². The van der Waals surface area contributed by atoms with Crippen molar-refractivity contribution < 1.29 is 9.53 Å². The van der Waals surface area contributed by atoms with Crippen LogP contribution in [-0.4, -0.2) is 49.1 Å². The van der Waals surface area contributed by atoms with Gasteiger partial charge < -0.3 is 15.0 Å². The molecular formula is C15H25N3O2. The van der Waals surface area contributed by atoms with Crippen molar-refractivity contribution in [1.29, 1.82) is 0 Å². The lowest BCUT2D eigenvalue weighted by Gasteiger charge is -2.11. The molecule has 0 aliphatic carbocycles. The van der Waals surface area contributed by atoms with Crippen molar-refractivity contribution >= 4 is 11.7 Å². The van der Waals surface area contributed by atoms with Gasteiger partial charge in [-0.3, -0.25) is 4.79 Å². The lowest BCUT2D eigenvalue weighted by atomic mass is 10.2. The van der Waals surface area contributed by atoms with Crippen LogP contribution in [0.25, 0.3) is 0 Å². The predicted molar refractivity (Wildman–Crippen MR) is 81.1 cm³/mol. The second kappa shape index (κ2) is 8.53. The molecule has 0 unspecified atom stereocenters. The fourth-order valence-corrected chi connectivity index (χ4v) is 1.65. The summed E-state index contributed by atoms with van der Waals surface area (Å²) in [7, 11) is 3.46. The summed E-state index contributed by atoms with van der Waals surface area (Å²) in [5, 5.41) is 3.24. The molecule has 5 heteroatoms. The molecule has 1 aromatic heterocycles. The maximum atomic E-state index is 11.7. The van der Waals surface area contributed by atoms with Gasteiger partial charge >= 0.3 is 0 Å². The fourth-order valence-electron chi connectivity index (χ4n) is 1.65. The topological polar surface area (TPSA) is 54.5 Å². The maximum Gasteiger partial charge on any atom is 0.254 e. The SMILES string of the molecule is CC(C)OCCCCNc1ccc(C(=O)N(C)C)cn1. The first-order valence-electron chi connectivity index (χ1n) is 7.04. The number of nitrogens with one attached hydrogen (secondary N) is 1. The van der Waals surface area contributed by atoms with E-state index in [0.717, 1.165) is 31.8 Å². The third-order valence-electron chi connectivity index (χ3n) is 2.75. The van der Waals surface area contributed by atoms with Gasteiger partial charge in [0, 0.05) is 33.4 Å². The summed E-state index contributed by atoms with van der Waals surface area (Å²) in [4.78, 5) is 17.5. The van der Waals surface area contributed by atoms with E-state index in [0.29, 0.717) is 11.7 Å². The van der Waals surface area contributed by atoms with Gasteiger partial charge in [0.1, 0.15) is 5.82 Å². The minimum atomic E-state index is -0.0325. The van der Waals surface area contributed by atoms with Crippen molar-refractivity contribution in [3.63, 3.8) is 0 Å². The molecule has 0 aliphatic rings. The summed E-state index contributed by atoms with van der Waals surface area (Å²) in [6.45, 7) is 5.73. The molecule has 0 bridgehead atoms. The molecule has 0 saturated carbocycles. The van der Waals surface area contributed by atoms with Gasteiger partial charge in [0.25, 0.3) is 5.91 Å². The van der Waals surface area contributed by atoms with Gasteiger partial charge in [-0.05, 0) is 38.8 Å². The number of aromatic nitrogens is 1. The van der Waals surface area contributed by atoms with Crippen molar-refractivity contribution in [3.8, 4) is 0 Å². The average molecular weight is 279 g/mol. The number of unbranched alkanes of at least 4 members (excludes halogenated alkanes) is 1. The van der Waals surface area contributed by atoms with Gasteiger partial charge in [0.05, 0.1) is 11.7 Å². The molecule has 1 rings (SSSR count). The highest BCUT2D eigenvalue weighted by Crippen LogP contribution is 2.07. The largest absolute Gasteiger partial charge is 0.379 e. The lowest BCUT2D eigenvalue weighted by molar-refractivity contribution is 0.0764. The van der Waals surface area contributed by atoms with Crippen LogP contribution in [0.1, 0.15) is 37.0 Å². The Labute approximate surface area is 121 Å². The zero-order valence-corrected chi connectivity index (χ0v) is 12.8. The van der Waals surface area contributed by atoms with E-state index in [1.165, 1.54) is 0 Å². The van der Waals surface area contributed by atoms with Crippen LogP contribution in [0, 0.1) is 0 Å². The Morgan fingerprint density at radius 2 is 2.10 bits per heavy atom. The zero-order chi connectivity index (χ0) is 15.0. The second-order valence-corrected chi connectivity index (χ2v) is 5.19. The Balaban J connectivity index is 2.27. The number of nitrogens with zero attached hydrogens (tertiary/aromatic N) is 2. The van der Waals surface area contributed by atoms with E-state index in [9.17, 15) is 4.79 Å². The van der Waals surface area contributed by atoms with E-state index in [2.05, 4.69) is 10.3 Å². The Morgan fingerprint density at radius 1 is 1.35 bits per heavy atom. The number of hydrogen-bond acceptors (Lipinski definition) is 4. The molecule has 112 valence electrons. The lowest BCUT2D eigenvalue weighted by Crippen LogP contribution is -2.21. The van der Waals surface area contributed by atoms with Gasteiger partial charge in [-0.1, -0.05) is 0 Å². The summed E-state index contributed by atoms with van der Waals surface area (Å²) in [6.07, 6.45) is 3.97. The average Bonchev–Trinajstić information content (AvgIpc) is 2.42. The Kier molecular flexibility index (Phi) is 7.01. The number of ether oxygens (including phenoxy) is 1. The normalized spacial score (nSPS) is 10.7. The molecule has 20 heavy (non-hydrogen) atoms. The minimum absolute atomic E-state index is 0.0325. The fraction of sp³-hybridized carbons (Fsp3) is 0.600. The number of rotatable bonds is 8. The second-order valence-electron chi connectivity index (χ2n) is 5.19. The molecule has 1 heterocycles. The summed E-state index contributed by atoms with van der Waals surface area (Å²) in [5.74, 6) is 0.764. The van der Waals surface area contributed by atoms with Crippen LogP contribution < -0.4 is 5.32 Å². The van der Waals surface area contributed by atoms with Crippen LogP contribution in [0.3, 0.4) is 0 Å². The van der Waals surface area contributed by atoms with Crippen LogP contribution in [0.2, 0.25) is 0 Å². The number of hydrogen-bond donors (Lipinski definition) is 1. The molecule has 1 aromatic rings. The standard InChI is InChI=1S/C15H25N3O2/c1-12(2)20-10-6-5-9-16-14-8-7-13(11-17-14)15(19)18(3)4/h7-8,11-12H,5-6,9-10H2,1-4H3,(H,16,17). The van der Waals surface area contributed by atoms with E-state index < -0.39 is 0 Å². The molecule has 1 N–H and O–H groups in total. The summed E-state index contributed by atoms with van der Waals surface area (Å²) in [6, 6.07) is 3.63. The van der Waals surface area contributed by atoms with Gasteiger partial charge in [0.15, 0.2) is 0 Å². The summed E-state index contributed by atoms with van der Waals surface area (Å²) < 4.78 is 5.47. The third kappa shape index (κ3) is 6.02. The number of carbonyl (C=O) groups is 1. The van der Waals surface area contributed by atoms with Gasteiger partial charge in [-0.2, -0.15) is 0 Å². The van der Waals surface area contributed by atoms with Crippen LogP contribution in [-0.2, 0) is 4.74 Å². The van der Waals surface area contributed by atoms with Crippen LogP contribution in [0.15, 0.2) is 18.3 Å². The summed E-state index contributed by atoms with van der Waals surface area (Å²) >= 11 is 0. The molecule has 0 fully saturated rings.